The second-order valence-corrected chi connectivity index (χ2v) is 5.74. The Morgan fingerprint density at radius 1 is 1.33 bits per heavy atom. The molecule has 0 aliphatic heterocycles. The first-order chi connectivity index (χ1) is 6.95. The normalized spacial score (nSPS) is 15.3. The second kappa shape index (κ2) is 4.99. The number of nitrogens with two attached hydrogens (primary N) is 1. The molecule has 1 unspecified atom stereocenters. The molecule has 2 N–H and O–H groups in total. The van der Waals surface area contributed by atoms with Crippen LogP contribution in [-0.4, -0.2) is 11.8 Å². The third-order valence-electron chi connectivity index (χ3n) is 2.21. The van der Waals surface area contributed by atoms with Crippen LogP contribution >= 0.6 is 11.8 Å². The Balaban J connectivity index is 2.81. The van der Waals surface area contributed by atoms with E-state index in [0.29, 0.717) is 10.8 Å². The monoisotopic (exact) mass is 227 g/mol. The molecular weight excluding hydrogens is 209 g/mol. The van der Waals surface area contributed by atoms with E-state index < -0.39 is 5.67 Å². The van der Waals surface area contributed by atoms with Gasteiger partial charge in [0.2, 0.25) is 0 Å². The van der Waals surface area contributed by atoms with Crippen LogP contribution in [0.5, 0.6) is 0 Å². The van der Waals surface area contributed by atoms with Gasteiger partial charge in [-0.25, -0.2) is 4.39 Å². The molecule has 15 heavy (non-hydrogen) atoms. The zero-order valence-electron chi connectivity index (χ0n) is 9.46. The first kappa shape index (κ1) is 12.5. The minimum absolute atomic E-state index is 0.0175. The molecule has 1 nitrogen and oxygen atoms in total. The van der Waals surface area contributed by atoms with Crippen molar-refractivity contribution in [1.82, 2.24) is 0 Å². The maximum absolute atomic E-state index is 13.8. The van der Waals surface area contributed by atoms with Crippen LogP contribution in [0, 0.1) is 0 Å². The standard InChI is InChI=1S/C12H18FNS/c1-9(2)15-11-6-4-10(5-7-11)12(3,13)8-14/h4-7,9H,8,14H2,1-3H3. The fourth-order valence-corrected chi connectivity index (χ4v) is 2.11. The molecule has 0 bridgehead atoms. The van der Waals surface area contributed by atoms with Gasteiger partial charge in [-0.2, -0.15) is 0 Å². The molecule has 0 radical (unpaired) electrons. The summed E-state index contributed by atoms with van der Waals surface area (Å²) in [6, 6.07) is 7.54. The Bertz CT molecular complexity index is 306. The fraction of sp³-hybridized carbons (Fsp3) is 0.500. The molecule has 0 heterocycles. The van der Waals surface area contributed by atoms with Crippen molar-refractivity contribution in [2.75, 3.05) is 6.54 Å². The molecule has 1 aromatic carbocycles. The smallest absolute Gasteiger partial charge is 0.145 e. The molecule has 84 valence electrons. The lowest BCUT2D eigenvalue weighted by atomic mass is 9.98. The molecular formula is C12H18FNS. The van der Waals surface area contributed by atoms with Crippen LogP contribution in [0.25, 0.3) is 0 Å². The van der Waals surface area contributed by atoms with Crippen molar-refractivity contribution < 1.29 is 4.39 Å². The second-order valence-electron chi connectivity index (χ2n) is 4.09. The van der Waals surface area contributed by atoms with Crippen LogP contribution in [0.2, 0.25) is 0 Å². The number of hydrogen-bond donors (Lipinski definition) is 1. The highest BCUT2D eigenvalue weighted by Crippen LogP contribution is 2.28. The lowest BCUT2D eigenvalue weighted by Gasteiger charge is -2.18. The van der Waals surface area contributed by atoms with E-state index in [1.54, 1.807) is 11.8 Å². The van der Waals surface area contributed by atoms with E-state index in [0.717, 1.165) is 0 Å². The van der Waals surface area contributed by atoms with Crippen molar-refractivity contribution in [3.05, 3.63) is 29.8 Å². The topological polar surface area (TPSA) is 26.0 Å². The van der Waals surface area contributed by atoms with E-state index in [-0.39, 0.29) is 6.54 Å². The van der Waals surface area contributed by atoms with E-state index in [9.17, 15) is 4.39 Å². The van der Waals surface area contributed by atoms with Crippen LogP contribution in [0.15, 0.2) is 29.2 Å². The molecule has 0 amide bonds. The summed E-state index contributed by atoms with van der Waals surface area (Å²) in [6.45, 7) is 5.80. The van der Waals surface area contributed by atoms with Crippen LogP contribution in [0.4, 0.5) is 4.39 Å². The predicted molar refractivity (Wildman–Crippen MR) is 64.9 cm³/mol. The van der Waals surface area contributed by atoms with Crippen molar-refractivity contribution >= 4 is 11.8 Å². The summed E-state index contributed by atoms with van der Waals surface area (Å²) in [5, 5.41) is 0.544. The van der Waals surface area contributed by atoms with E-state index in [2.05, 4.69) is 13.8 Å². The first-order valence-electron chi connectivity index (χ1n) is 5.12. The summed E-state index contributed by atoms with van der Waals surface area (Å²) in [6.07, 6.45) is 0. The Labute approximate surface area is 95.2 Å². The van der Waals surface area contributed by atoms with Crippen molar-refractivity contribution in [3.8, 4) is 0 Å². The van der Waals surface area contributed by atoms with Crippen LogP contribution in [0.3, 0.4) is 0 Å². The number of hydrogen-bond acceptors (Lipinski definition) is 2. The highest BCUT2D eigenvalue weighted by Gasteiger charge is 2.23. The Morgan fingerprint density at radius 2 is 1.87 bits per heavy atom. The fourth-order valence-electron chi connectivity index (χ4n) is 1.27. The van der Waals surface area contributed by atoms with Crippen LogP contribution in [0.1, 0.15) is 26.3 Å². The van der Waals surface area contributed by atoms with Crippen molar-refractivity contribution in [1.29, 1.82) is 0 Å². The van der Waals surface area contributed by atoms with Gasteiger partial charge >= 0.3 is 0 Å². The van der Waals surface area contributed by atoms with Gasteiger partial charge in [0.15, 0.2) is 0 Å². The van der Waals surface area contributed by atoms with E-state index in [1.165, 1.54) is 11.8 Å². The van der Waals surface area contributed by atoms with Gasteiger partial charge in [-0.15, -0.1) is 11.8 Å². The number of benzene rings is 1. The molecule has 0 aliphatic rings. The average molecular weight is 227 g/mol. The zero-order valence-corrected chi connectivity index (χ0v) is 10.3. The molecule has 1 rings (SSSR count). The summed E-state index contributed by atoms with van der Waals surface area (Å²) in [4.78, 5) is 1.17. The Morgan fingerprint density at radius 3 is 2.27 bits per heavy atom. The maximum atomic E-state index is 13.8. The number of thioether (sulfide) groups is 1. The van der Waals surface area contributed by atoms with Gasteiger partial charge in [-0.05, 0) is 24.6 Å². The largest absolute Gasteiger partial charge is 0.327 e. The highest BCUT2D eigenvalue weighted by atomic mass is 32.2. The number of halogens is 1. The van der Waals surface area contributed by atoms with Gasteiger partial charge in [0, 0.05) is 16.7 Å². The van der Waals surface area contributed by atoms with Gasteiger partial charge in [0.05, 0.1) is 0 Å². The zero-order chi connectivity index (χ0) is 11.5. The first-order valence-corrected chi connectivity index (χ1v) is 6.00. The lowest BCUT2D eigenvalue weighted by Crippen LogP contribution is -2.26. The van der Waals surface area contributed by atoms with Gasteiger partial charge in [-0.1, -0.05) is 26.0 Å². The van der Waals surface area contributed by atoms with Crippen molar-refractivity contribution in [2.45, 2.75) is 36.6 Å². The van der Waals surface area contributed by atoms with Gasteiger partial charge in [0.25, 0.3) is 0 Å². The molecule has 0 saturated carbocycles. The molecule has 0 fully saturated rings. The molecule has 0 spiro atoms. The summed E-state index contributed by atoms with van der Waals surface area (Å²) >= 11 is 1.77. The Kier molecular flexibility index (Phi) is 4.17. The average Bonchev–Trinajstić information content (AvgIpc) is 2.18. The molecule has 0 aromatic heterocycles. The van der Waals surface area contributed by atoms with Crippen molar-refractivity contribution in [2.24, 2.45) is 5.73 Å². The summed E-state index contributed by atoms with van der Waals surface area (Å²) < 4.78 is 13.8. The van der Waals surface area contributed by atoms with E-state index in [1.807, 2.05) is 24.3 Å². The summed E-state index contributed by atoms with van der Waals surface area (Å²) in [5.74, 6) is 0. The number of alkyl halides is 1. The highest BCUT2D eigenvalue weighted by molar-refractivity contribution is 7.99. The molecule has 1 atom stereocenters. The molecule has 3 heteroatoms. The number of rotatable bonds is 4. The summed E-state index contributed by atoms with van der Waals surface area (Å²) in [5.41, 5.74) is 4.61. The van der Waals surface area contributed by atoms with Gasteiger partial charge in [-0.3, -0.25) is 0 Å². The van der Waals surface area contributed by atoms with E-state index in [4.69, 9.17) is 5.73 Å². The van der Waals surface area contributed by atoms with E-state index >= 15 is 0 Å². The molecule has 0 aliphatic carbocycles. The minimum atomic E-state index is -1.42. The summed E-state index contributed by atoms with van der Waals surface area (Å²) in [7, 11) is 0. The van der Waals surface area contributed by atoms with Gasteiger partial charge in [0.1, 0.15) is 5.67 Å². The third-order valence-corrected chi connectivity index (χ3v) is 3.23. The lowest BCUT2D eigenvalue weighted by molar-refractivity contribution is 0.203. The van der Waals surface area contributed by atoms with Crippen LogP contribution < -0.4 is 5.73 Å². The third kappa shape index (κ3) is 3.50. The quantitative estimate of drug-likeness (QED) is 0.798. The Hall–Kier alpha value is -0.540. The van der Waals surface area contributed by atoms with Crippen LogP contribution in [-0.2, 0) is 5.67 Å². The molecule has 1 aromatic rings. The molecule has 0 saturated heterocycles. The predicted octanol–water partition coefficient (Wildman–Crippen LogP) is 3.33. The minimum Gasteiger partial charge on any atom is -0.327 e. The SMILES string of the molecule is CC(C)Sc1ccc(C(C)(F)CN)cc1. The van der Waals surface area contributed by atoms with Crippen molar-refractivity contribution in [3.63, 3.8) is 0 Å². The maximum Gasteiger partial charge on any atom is 0.145 e. The van der Waals surface area contributed by atoms with Gasteiger partial charge < -0.3 is 5.73 Å².